The van der Waals surface area contributed by atoms with Gasteiger partial charge in [0.2, 0.25) is 0 Å². The van der Waals surface area contributed by atoms with Gasteiger partial charge < -0.3 is 15.5 Å². The fourth-order valence-corrected chi connectivity index (χ4v) is 4.26. The first-order valence-corrected chi connectivity index (χ1v) is 12.9. The van der Waals surface area contributed by atoms with E-state index in [1.807, 2.05) is 0 Å². The first kappa shape index (κ1) is 25.2. The molecule has 1 aliphatic rings. The minimum Gasteiger partial charge on any atom is -0.357 e. The summed E-state index contributed by atoms with van der Waals surface area (Å²) in [6.07, 6.45) is 4.39. The molecule has 0 aromatic heterocycles. The minimum absolute atomic E-state index is 0.249. The van der Waals surface area contributed by atoms with Crippen molar-refractivity contribution in [2.24, 2.45) is 4.99 Å². The number of aliphatic imine (C=N–C) groups is 1. The predicted molar refractivity (Wildman–Crippen MR) is 120 cm³/mol. The zero-order chi connectivity index (χ0) is 21.2. The average molecular weight is 418 g/mol. The summed E-state index contributed by atoms with van der Waals surface area (Å²) in [6, 6.07) is 1.52. The number of rotatable bonds is 11. The first-order valence-electron chi connectivity index (χ1n) is 10.8. The van der Waals surface area contributed by atoms with Crippen molar-refractivity contribution in [1.29, 1.82) is 0 Å². The van der Waals surface area contributed by atoms with Crippen molar-refractivity contribution in [1.82, 2.24) is 20.4 Å². The van der Waals surface area contributed by atoms with Gasteiger partial charge in [-0.3, -0.25) is 9.89 Å². The van der Waals surface area contributed by atoms with Crippen LogP contribution in [0, 0.1) is 0 Å². The molecule has 0 atom stereocenters. The second-order valence-electron chi connectivity index (χ2n) is 8.43. The molecule has 2 N–H and O–H groups in total. The molecule has 0 aromatic rings. The van der Waals surface area contributed by atoms with E-state index in [4.69, 9.17) is 4.99 Å². The Hall–Kier alpha value is -0.860. The van der Waals surface area contributed by atoms with E-state index in [1.54, 1.807) is 0 Å². The molecule has 0 radical (unpaired) electrons. The molecule has 0 spiro atoms. The molecule has 1 fully saturated rings. The van der Waals surface area contributed by atoms with Crippen LogP contribution < -0.4 is 10.6 Å². The third-order valence-electron chi connectivity index (χ3n) is 5.22. The molecular formula is C20H43N5O2S. The van der Waals surface area contributed by atoms with Crippen molar-refractivity contribution in [3.63, 3.8) is 0 Å². The molecule has 0 aliphatic carbocycles. The van der Waals surface area contributed by atoms with Crippen LogP contribution in [0.25, 0.3) is 0 Å². The molecule has 1 saturated heterocycles. The zero-order valence-corrected chi connectivity index (χ0v) is 19.7. The Bertz CT molecular complexity index is 547. The van der Waals surface area contributed by atoms with Crippen LogP contribution in [0.4, 0.5) is 0 Å². The highest BCUT2D eigenvalue weighted by Crippen LogP contribution is 2.10. The Labute approximate surface area is 173 Å². The second kappa shape index (κ2) is 12.6. The van der Waals surface area contributed by atoms with Gasteiger partial charge in [-0.05, 0) is 53.9 Å². The lowest BCUT2D eigenvalue weighted by atomic mass is 10.1. The normalized spacial score (nSPS) is 17.7. The van der Waals surface area contributed by atoms with Gasteiger partial charge in [-0.15, -0.1) is 0 Å². The Morgan fingerprint density at radius 2 is 1.79 bits per heavy atom. The van der Waals surface area contributed by atoms with Crippen LogP contribution >= 0.6 is 0 Å². The summed E-state index contributed by atoms with van der Waals surface area (Å²) in [5, 5.41) is 6.92. The number of sulfone groups is 1. The Morgan fingerprint density at radius 3 is 2.29 bits per heavy atom. The lowest BCUT2D eigenvalue weighted by Gasteiger charge is -2.33. The summed E-state index contributed by atoms with van der Waals surface area (Å²) < 4.78 is 22.7. The SMILES string of the molecule is CCNC(=NCCCN(C(C)C)C(C)C)NC1CCN(CCS(C)(=O)=O)CC1. The van der Waals surface area contributed by atoms with Crippen LogP contribution in [0.2, 0.25) is 0 Å². The zero-order valence-electron chi connectivity index (χ0n) is 18.9. The van der Waals surface area contributed by atoms with Gasteiger partial charge in [-0.2, -0.15) is 0 Å². The van der Waals surface area contributed by atoms with Gasteiger partial charge in [-0.25, -0.2) is 8.42 Å². The molecule has 8 heteroatoms. The van der Waals surface area contributed by atoms with Crippen molar-refractivity contribution < 1.29 is 8.42 Å². The standard InChI is InChI=1S/C20H43N5O2S/c1-7-21-20(22-11-8-12-25(17(2)3)18(4)5)23-19-9-13-24(14-10-19)15-16-28(6,26)27/h17-19H,7-16H2,1-6H3,(H2,21,22,23). The number of nitrogens with one attached hydrogen (secondary N) is 2. The van der Waals surface area contributed by atoms with Gasteiger partial charge in [-0.1, -0.05) is 0 Å². The number of hydrogen-bond donors (Lipinski definition) is 2. The molecule has 1 aliphatic heterocycles. The molecule has 0 bridgehead atoms. The van der Waals surface area contributed by atoms with Crippen LogP contribution in [0.15, 0.2) is 4.99 Å². The molecule has 28 heavy (non-hydrogen) atoms. The number of guanidine groups is 1. The van der Waals surface area contributed by atoms with Gasteiger partial charge >= 0.3 is 0 Å². The fourth-order valence-electron chi connectivity index (χ4n) is 3.67. The van der Waals surface area contributed by atoms with E-state index in [-0.39, 0.29) is 5.75 Å². The Kier molecular flexibility index (Phi) is 11.4. The third kappa shape index (κ3) is 10.6. The minimum atomic E-state index is -2.88. The van der Waals surface area contributed by atoms with Crippen molar-refractivity contribution in [3.8, 4) is 0 Å². The van der Waals surface area contributed by atoms with E-state index >= 15 is 0 Å². The first-order chi connectivity index (χ1) is 13.1. The predicted octanol–water partition coefficient (Wildman–Crippen LogP) is 1.56. The smallest absolute Gasteiger partial charge is 0.191 e. The maximum absolute atomic E-state index is 11.3. The van der Waals surface area contributed by atoms with E-state index in [0.29, 0.717) is 24.7 Å². The topological polar surface area (TPSA) is 77.0 Å². The van der Waals surface area contributed by atoms with Gasteiger partial charge in [0.05, 0.1) is 5.75 Å². The van der Waals surface area contributed by atoms with E-state index in [1.165, 1.54) is 6.26 Å². The van der Waals surface area contributed by atoms with Crippen LogP contribution in [-0.4, -0.2) is 93.6 Å². The molecule has 0 aromatic carbocycles. The second-order valence-corrected chi connectivity index (χ2v) is 10.7. The molecule has 166 valence electrons. The van der Waals surface area contributed by atoms with E-state index in [2.05, 4.69) is 55.1 Å². The summed E-state index contributed by atoms with van der Waals surface area (Å²) in [4.78, 5) is 9.51. The fraction of sp³-hybridized carbons (Fsp3) is 0.950. The van der Waals surface area contributed by atoms with Crippen molar-refractivity contribution in [2.45, 2.75) is 72.0 Å². The number of likely N-dealkylation sites (tertiary alicyclic amines) is 1. The van der Waals surface area contributed by atoms with E-state index in [0.717, 1.165) is 57.9 Å². The number of nitrogens with zero attached hydrogens (tertiary/aromatic N) is 3. The molecule has 1 heterocycles. The molecule has 0 unspecified atom stereocenters. The quantitative estimate of drug-likeness (QED) is 0.302. The average Bonchev–Trinajstić information content (AvgIpc) is 2.59. The van der Waals surface area contributed by atoms with Crippen LogP contribution in [0.1, 0.15) is 53.9 Å². The monoisotopic (exact) mass is 417 g/mol. The molecule has 0 amide bonds. The summed E-state index contributed by atoms with van der Waals surface area (Å²) >= 11 is 0. The van der Waals surface area contributed by atoms with Crippen molar-refractivity contribution in [3.05, 3.63) is 0 Å². The largest absolute Gasteiger partial charge is 0.357 e. The van der Waals surface area contributed by atoms with Gasteiger partial charge in [0.15, 0.2) is 5.96 Å². The van der Waals surface area contributed by atoms with Gasteiger partial charge in [0.25, 0.3) is 0 Å². The maximum Gasteiger partial charge on any atom is 0.191 e. The highest BCUT2D eigenvalue weighted by molar-refractivity contribution is 7.90. The van der Waals surface area contributed by atoms with Crippen molar-refractivity contribution >= 4 is 15.8 Å². The van der Waals surface area contributed by atoms with E-state index in [9.17, 15) is 8.42 Å². The highest BCUT2D eigenvalue weighted by atomic mass is 32.2. The molecular weight excluding hydrogens is 374 g/mol. The summed E-state index contributed by atoms with van der Waals surface area (Å²) in [5.41, 5.74) is 0. The highest BCUT2D eigenvalue weighted by Gasteiger charge is 2.20. The number of hydrogen-bond acceptors (Lipinski definition) is 5. The molecule has 1 rings (SSSR count). The lowest BCUT2D eigenvalue weighted by molar-refractivity contribution is 0.174. The Balaban J connectivity index is 2.40. The maximum atomic E-state index is 11.3. The van der Waals surface area contributed by atoms with Crippen molar-refractivity contribution in [2.75, 3.05) is 51.3 Å². The summed E-state index contributed by atoms with van der Waals surface area (Å²) in [6.45, 7) is 16.3. The van der Waals surface area contributed by atoms with E-state index < -0.39 is 9.84 Å². The van der Waals surface area contributed by atoms with Gasteiger partial charge in [0, 0.05) is 63.6 Å². The third-order valence-corrected chi connectivity index (χ3v) is 6.15. The number of piperidine rings is 1. The molecule has 0 saturated carbocycles. The Morgan fingerprint density at radius 1 is 1.18 bits per heavy atom. The van der Waals surface area contributed by atoms with Gasteiger partial charge in [0.1, 0.15) is 9.84 Å². The summed E-state index contributed by atoms with van der Waals surface area (Å²) in [5.74, 6) is 1.15. The molecule has 7 nitrogen and oxygen atoms in total. The summed E-state index contributed by atoms with van der Waals surface area (Å²) in [7, 11) is -2.88. The lowest BCUT2D eigenvalue weighted by Crippen LogP contribution is -2.49. The van der Waals surface area contributed by atoms with Crippen LogP contribution in [-0.2, 0) is 9.84 Å². The van der Waals surface area contributed by atoms with Crippen LogP contribution in [0.5, 0.6) is 0 Å². The van der Waals surface area contributed by atoms with Crippen LogP contribution in [0.3, 0.4) is 0 Å².